The Morgan fingerprint density at radius 3 is 2.49 bits per heavy atom. The first-order valence-corrected chi connectivity index (χ1v) is 13.1. The van der Waals surface area contributed by atoms with Gasteiger partial charge in [-0.15, -0.1) is 0 Å². The van der Waals surface area contributed by atoms with Crippen LogP contribution in [0, 0.1) is 0 Å². The van der Waals surface area contributed by atoms with Crippen LogP contribution in [-0.2, 0) is 20.6 Å². The van der Waals surface area contributed by atoms with E-state index in [0.717, 1.165) is 35.2 Å². The number of hydrogen-bond donors (Lipinski definition) is 3. The Kier molecular flexibility index (Phi) is 5.64. The van der Waals surface area contributed by atoms with Crippen LogP contribution in [0.1, 0.15) is 25.5 Å². The van der Waals surface area contributed by atoms with E-state index in [2.05, 4.69) is 71.7 Å². The number of benzene rings is 4. The molecule has 1 aromatic heterocycles. The van der Waals surface area contributed by atoms with Crippen molar-refractivity contribution in [2.24, 2.45) is 0 Å². The maximum atomic E-state index is 10.8. The number of aromatic amines is 1. The van der Waals surface area contributed by atoms with E-state index in [1.807, 2.05) is 6.07 Å². The zero-order chi connectivity index (χ0) is 25.1. The second-order valence-corrected chi connectivity index (χ2v) is 10.3. The number of hydrogen-bond acceptors (Lipinski definition) is 6. The highest BCUT2D eigenvalue weighted by molar-refractivity contribution is 6.25. The number of nitrogens with one attached hydrogen (secondary N) is 1. The van der Waals surface area contributed by atoms with E-state index in [4.69, 9.17) is 14.2 Å². The molecule has 7 nitrogen and oxygen atoms in total. The van der Waals surface area contributed by atoms with Crippen molar-refractivity contribution in [3.63, 3.8) is 0 Å². The fourth-order valence-electron chi connectivity index (χ4n) is 6.07. The molecule has 0 amide bonds. The predicted molar refractivity (Wildman–Crippen MR) is 142 cm³/mol. The highest BCUT2D eigenvalue weighted by atomic mass is 16.7. The van der Waals surface area contributed by atoms with Gasteiger partial charge in [0.15, 0.2) is 6.29 Å². The van der Waals surface area contributed by atoms with Crippen LogP contribution < -0.4 is 0 Å². The zero-order valence-corrected chi connectivity index (χ0v) is 20.6. The summed E-state index contributed by atoms with van der Waals surface area (Å²) in [5.41, 5.74) is 2.72. The molecule has 3 N–H and O–H groups in total. The number of aliphatic hydroxyl groups is 2. The second kappa shape index (κ2) is 9.04. The number of rotatable bonds is 5. The molecule has 2 fully saturated rings. The summed E-state index contributed by atoms with van der Waals surface area (Å²) in [5.74, 6) is 0. The Hall–Kier alpha value is -3.07. The van der Waals surface area contributed by atoms with Crippen molar-refractivity contribution in [1.82, 2.24) is 10.2 Å². The van der Waals surface area contributed by atoms with Crippen LogP contribution in [-0.4, -0.2) is 63.8 Å². The number of aromatic nitrogens is 2. The predicted octanol–water partition coefficient (Wildman–Crippen LogP) is 4.55. The molecule has 0 saturated carbocycles. The van der Waals surface area contributed by atoms with Gasteiger partial charge in [-0.05, 0) is 44.8 Å². The third-order valence-corrected chi connectivity index (χ3v) is 7.92. The van der Waals surface area contributed by atoms with Crippen LogP contribution in [0.2, 0.25) is 0 Å². The summed E-state index contributed by atoms with van der Waals surface area (Å²) in [6, 6.07) is 21.4. The number of ether oxygens (including phenoxy) is 3. The van der Waals surface area contributed by atoms with Gasteiger partial charge in [0, 0.05) is 17.7 Å². The molecule has 7 heteroatoms. The van der Waals surface area contributed by atoms with E-state index in [1.54, 1.807) is 0 Å². The summed E-state index contributed by atoms with van der Waals surface area (Å²) in [6.07, 6.45) is -2.03. The number of fused-ring (bicyclic) bond motifs is 1. The molecule has 5 aromatic rings. The zero-order valence-electron chi connectivity index (χ0n) is 20.6. The lowest BCUT2D eigenvalue weighted by Gasteiger charge is -2.46. The maximum absolute atomic E-state index is 10.8. The second-order valence-electron chi connectivity index (χ2n) is 10.3. The third-order valence-electron chi connectivity index (χ3n) is 7.92. The van der Waals surface area contributed by atoms with Gasteiger partial charge in [-0.2, -0.15) is 5.10 Å². The van der Waals surface area contributed by atoms with Gasteiger partial charge in [0.05, 0.1) is 18.4 Å². The molecule has 1 unspecified atom stereocenters. The highest BCUT2D eigenvalue weighted by Gasteiger charge is 2.48. The van der Waals surface area contributed by atoms with Crippen molar-refractivity contribution in [2.75, 3.05) is 6.61 Å². The van der Waals surface area contributed by atoms with Gasteiger partial charge in [-0.1, -0.05) is 67.9 Å². The van der Waals surface area contributed by atoms with Crippen LogP contribution in [0.5, 0.6) is 0 Å². The Morgan fingerprint density at radius 1 is 0.919 bits per heavy atom. The fraction of sp³-hybridized carbons (Fsp3) is 0.367. The Balaban J connectivity index is 1.17. The molecule has 2 aliphatic rings. The lowest BCUT2D eigenvalue weighted by molar-refractivity contribution is -0.325. The van der Waals surface area contributed by atoms with Crippen molar-refractivity contribution in [3.8, 4) is 11.3 Å². The molecule has 37 heavy (non-hydrogen) atoms. The molecular formula is C30H30N2O5. The van der Waals surface area contributed by atoms with Gasteiger partial charge in [0.2, 0.25) is 0 Å². The Bertz CT molecular complexity index is 1550. The maximum Gasteiger partial charge on any atom is 0.158 e. The molecule has 3 heterocycles. The number of H-pyrrole nitrogens is 1. The van der Waals surface area contributed by atoms with E-state index >= 15 is 0 Å². The van der Waals surface area contributed by atoms with Gasteiger partial charge >= 0.3 is 0 Å². The molecule has 6 atom stereocenters. The topological polar surface area (TPSA) is 96.8 Å². The van der Waals surface area contributed by atoms with E-state index in [0.29, 0.717) is 13.0 Å². The molecule has 0 bridgehead atoms. The average molecular weight is 499 g/mol. The minimum atomic E-state index is -1.07. The number of nitrogens with zero attached hydrogens (tertiary/aromatic N) is 1. The first-order chi connectivity index (χ1) is 18.1. The van der Waals surface area contributed by atoms with Gasteiger partial charge in [-0.3, -0.25) is 5.10 Å². The van der Waals surface area contributed by atoms with E-state index in [9.17, 15) is 10.2 Å². The molecule has 2 saturated heterocycles. The normalized spacial score (nSPS) is 28.3. The molecular weight excluding hydrogens is 468 g/mol. The highest BCUT2D eigenvalue weighted by Crippen LogP contribution is 2.39. The molecule has 190 valence electrons. The monoisotopic (exact) mass is 498 g/mol. The van der Waals surface area contributed by atoms with Crippen molar-refractivity contribution in [2.45, 2.75) is 63.0 Å². The smallest absolute Gasteiger partial charge is 0.158 e. The van der Waals surface area contributed by atoms with Gasteiger partial charge in [0.1, 0.15) is 24.4 Å². The quantitative estimate of drug-likeness (QED) is 0.308. The summed E-state index contributed by atoms with van der Waals surface area (Å²) >= 11 is 0. The summed E-state index contributed by atoms with van der Waals surface area (Å²) in [4.78, 5) is 0. The summed E-state index contributed by atoms with van der Waals surface area (Å²) in [7, 11) is 0. The van der Waals surface area contributed by atoms with Gasteiger partial charge in [-0.25, -0.2) is 0 Å². The first kappa shape index (κ1) is 23.1. The number of aliphatic hydroxyl groups excluding tert-OH is 2. The minimum absolute atomic E-state index is 0.340. The summed E-state index contributed by atoms with van der Waals surface area (Å²) in [6.45, 7) is 2.39. The van der Waals surface area contributed by atoms with Crippen LogP contribution >= 0.6 is 0 Å². The SMILES string of the molecule is CCCC1OC[C@H]2O[C@@H](Cc3cc(-c4ccc5ccc6cccc7ccc4c5c67)n[nH]3)[C@H](O)[C@@H](O)[C@@H]2O1. The average Bonchev–Trinajstić information content (AvgIpc) is 3.39. The lowest BCUT2D eigenvalue weighted by atomic mass is 9.90. The molecule has 4 aromatic carbocycles. The Morgan fingerprint density at radius 2 is 1.68 bits per heavy atom. The van der Waals surface area contributed by atoms with Crippen molar-refractivity contribution < 1.29 is 24.4 Å². The lowest BCUT2D eigenvalue weighted by Crippen LogP contribution is -2.63. The standard InChI is InChI=1S/C30H30N2O5/c1-2-4-25-35-15-24-30(37-25)29(34)28(33)23(36-24)14-19-13-22(32-31-19)20-11-9-18-8-7-16-5-3-6-17-10-12-21(20)27(18)26(16)17/h3,5-13,23-25,28-30,33-34H,2,4,14-15H2,1H3,(H,31,32)/t23-,24+,25?,28-,29+,30+/m0/s1. The van der Waals surface area contributed by atoms with E-state index < -0.39 is 30.5 Å². The van der Waals surface area contributed by atoms with Crippen molar-refractivity contribution in [3.05, 3.63) is 66.4 Å². The Labute approximate surface area is 214 Å². The van der Waals surface area contributed by atoms with E-state index in [-0.39, 0.29) is 6.29 Å². The van der Waals surface area contributed by atoms with Crippen LogP contribution in [0.25, 0.3) is 43.6 Å². The molecule has 2 aliphatic heterocycles. The summed E-state index contributed by atoms with van der Waals surface area (Å²) in [5, 5.41) is 36.7. The molecule has 0 radical (unpaired) electrons. The molecule has 0 spiro atoms. The van der Waals surface area contributed by atoms with Gasteiger partial charge < -0.3 is 24.4 Å². The fourth-order valence-corrected chi connectivity index (χ4v) is 6.07. The van der Waals surface area contributed by atoms with Crippen molar-refractivity contribution in [1.29, 1.82) is 0 Å². The minimum Gasteiger partial charge on any atom is -0.388 e. The largest absolute Gasteiger partial charge is 0.388 e. The molecule has 7 rings (SSSR count). The van der Waals surface area contributed by atoms with Gasteiger partial charge in [0.25, 0.3) is 0 Å². The summed E-state index contributed by atoms with van der Waals surface area (Å²) < 4.78 is 17.8. The van der Waals surface area contributed by atoms with Crippen LogP contribution in [0.15, 0.2) is 60.7 Å². The molecule has 0 aliphatic carbocycles. The van der Waals surface area contributed by atoms with Crippen LogP contribution in [0.4, 0.5) is 0 Å². The van der Waals surface area contributed by atoms with Crippen LogP contribution in [0.3, 0.4) is 0 Å². The first-order valence-electron chi connectivity index (χ1n) is 13.1. The van der Waals surface area contributed by atoms with Crippen molar-refractivity contribution >= 4 is 32.3 Å². The third kappa shape index (κ3) is 3.81. The van der Waals surface area contributed by atoms with E-state index in [1.165, 1.54) is 26.9 Å².